The Kier molecular flexibility index (Phi) is 4.95. The second-order valence-electron chi connectivity index (χ2n) is 3.97. The molecule has 1 aromatic heterocycles. The molecule has 0 spiro atoms. The number of nitrogens with zero attached hydrogens (tertiary/aromatic N) is 2. The minimum atomic E-state index is -0.564. The van der Waals surface area contributed by atoms with E-state index in [4.69, 9.17) is 0 Å². The molecule has 19 heavy (non-hydrogen) atoms. The molecule has 7 heteroatoms. The number of nitrogens with one attached hydrogen (secondary N) is 1. The van der Waals surface area contributed by atoms with E-state index < -0.39 is 11.6 Å². The van der Waals surface area contributed by atoms with Crippen LogP contribution in [-0.2, 0) is 6.42 Å². The highest BCUT2D eigenvalue weighted by molar-refractivity contribution is 9.10. The third-order valence-electron chi connectivity index (χ3n) is 2.73. The highest BCUT2D eigenvalue weighted by Gasteiger charge is 2.20. The molecule has 0 saturated heterocycles. The van der Waals surface area contributed by atoms with Gasteiger partial charge in [-0.1, -0.05) is 6.92 Å². The molecule has 0 saturated carbocycles. The van der Waals surface area contributed by atoms with Gasteiger partial charge in [0, 0.05) is 5.56 Å². The van der Waals surface area contributed by atoms with E-state index in [1.807, 2.05) is 6.92 Å². The monoisotopic (exact) mass is 347 g/mol. The number of benzene rings is 1. The summed E-state index contributed by atoms with van der Waals surface area (Å²) in [5.74, 6) is -1.11. The number of halogens is 3. The second kappa shape index (κ2) is 6.49. The van der Waals surface area contributed by atoms with Crippen LogP contribution in [-0.4, -0.2) is 15.3 Å². The van der Waals surface area contributed by atoms with Crippen LogP contribution in [0.2, 0.25) is 0 Å². The summed E-state index contributed by atoms with van der Waals surface area (Å²) in [6.07, 6.45) is 1.81. The Labute approximate surface area is 122 Å². The van der Waals surface area contributed by atoms with Gasteiger partial charge in [-0.05, 0) is 41.0 Å². The van der Waals surface area contributed by atoms with Crippen LogP contribution >= 0.6 is 27.7 Å². The Morgan fingerprint density at radius 2 is 2.21 bits per heavy atom. The van der Waals surface area contributed by atoms with Crippen LogP contribution < -0.4 is 5.32 Å². The Morgan fingerprint density at radius 3 is 2.84 bits per heavy atom. The molecule has 0 bridgehead atoms. The molecule has 1 atom stereocenters. The summed E-state index contributed by atoms with van der Waals surface area (Å²) >= 11 is 4.15. The van der Waals surface area contributed by atoms with E-state index in [2.05, 4.69) is 30.0 Å². The number of rotatable bonds is 5. The molecule has 0 amide bonds. The highest BCUT2D eigenvalue weighted by Crippen LogP contribution is 2.26. The summed E-state index contributed by atoms with van der Waals surface area (Å²) in [4.78, 5) is 0. The number of hydrogen-bond acceptors (Lipinski definition) is 4. The van der Waals surface area contributed by atoms with E-state index in [-0.39, 0.29) is 22.5 Å². The topological polar surface area (TPSA) is 37.8 Å². The lowest BCUT2D eigenvalue weighted by Gasteiger charge is -2.16. The van der Waals surface area contributed by atoms with Crippen molar-refractivity contribution < 1.29 is 8.78 Å². The molecule has 0 aliphatic heterocycles. The van der Waals surface area contributed by atoms with E-state index in [0.29, 0.717) is 12.2 Å². The Hall–Kier alpha value is -0.920. The summed E-state index contributed by atoms with van der Waals surface area (Å²) in [6, 6.07) is 2.37. The van der Waals surface area contributed by atoms with Gasteiger partial charge in [0.1, 0.15) is 11.6 Å². The van der Waals surface area contributed by atoms with Gasteiger partial charge in [0.25, 0.3) is 0 Å². The molecule has 102 valence electrons. The van der Waals surface area contributed by atoms with E-state index in [0.717, 1.165) is 11.7 Å². The molecule has 3 nitrogen and oxygen atoms in total. The first kappa shape index (κ1) is 14.5. The molecule has 0 aliphatic rings. The fourth-order valence-corrected chi connectivity index (χ4v) is 2.66. The minimum absolute atomic E-state index is 0.0494. The molecule has 0 aliphatic carbocycles. The third-order valence-corrected chi connectivity index (χ3v) is 3.84. The summed E-state index contributed by atoms with van der Waals surface area (Å²) < 4.78 is 36.0. The zero-order valence-electron chi connectivity index (χ0n) is 10.2. The second-order valence-corrected chi connectivity index (χ2v) is 5.38. The lowest BCUT2D eigenvalue weighted by molar-refractivity contribution is 0.492. The first-order valence-corrected chi connectivity index (χ1v) is 7.29. The molecule has 1 N–H and O–H groups in total. The van der Waals surface area contributed by atoms with E-state index >= 15 is 0 Å². The van der Waals surface area contributed by atoms with Crippen LogP contribution in [0.15, 0.2) is 22.8 Å². The van der Waals surface area contributed by atoms with Crippen molar-refractivity contribution in [2.45, 2.75) is 19.4 Å². The first-order chi connectivity index (χ1) is 9.13. The third kappa shape index (κ3) is 3.34. The van der Waals surface area contributed by atoms with Crippen molar-refractivity contribution in [2.75, 3.05) is 6.54 Å². The van der Waals surface area contributed by atoms with Crippen molar-refractivity contribution in [2.24, 2.45) is 0 Å². The maximum Gasteiger partial charge on any atom is 0.143 e. The quantitative estimate of drug-likeness (QED) is 0.841. The van der Waals surface area contributed by atoms with Crippen LogP contribution in [0.4, 0.5) is 8.78 Å². The largest absolute Gasteiger partial charge is 0.309 e. The van der Waals surface area contributed by atoms with Crippen molar-refractivity contribution in [3.05, 3.63) is 45.7 Å². The SMILES string of the molecule is CCNC(Cc1c(F)ccc(Br)c1F)c1cnsn1. The van der Waals surface area contributed by atoms with Gasteiger partial charge in [0.15, 0.2) is 0 Å². The summed E-state index contributed by atoms with van der Waals surface area (Å²) in [7, 11) is 0. The molecule has 2 aromatic rings. The van der Waals surface area contributed by atoms with Gasteiger partial charge in [0.2, 0.25) is 0 Å². The molecule has 1 heterocycles. The van der Waals surface area contributed by atoms with Gasteiger partial charge in [-0.15, -0.1) is 0 Å². The molecule has 1 unspecified atom stereocenters. The molecule has 1 aromatic carbocycles. The molecule has 0 fully saturated rings. The standard InChI is InChI=1S/C12H12BrF2N3S/c1-2-16-10(11-6-17-19-18-11)5-7-9(14)4-3-8(13)12(7)15/h3-4,6,10,16H,2,5H2,1H3. The zero-order valence-corrected chi connectivity index (χ0v) is 12.6. The summed E-state index contributed by atoms with van der Waals surface area (Å²) in [5.41, 5.74) is 0.749. The van der Waals surface area contributed by atoms with Crippen molar-refractivity contribution in [3.8, 4) is 0 Å². The van der Waals surface area contributed by atoms with Gasteiger partial charge >= 0.3 is 0 Å². The predicted octanol–water partition coefficient (Wildman–Crippen LogP) is 3.47. The number of hydrogen-bond donors (Lipinski definition) is 1. The van der Waals surface area contributed by atoms with Crippen LogP contribution in [0, 0.1) is 11.6 Å². The van der Waals surface area contributed by atoms with Crippen LogP contribution in [0.25, 0.3) is 0 Å². The predicted molar refractivity (Wildman–Crippen MR) is 74.1 cm³/mol. The van der Waals surface area contributed by atoms with Gasteiger partial charge in [-0.25, -0.2) is 8.78 Å². The summed E-state index contributed by atoms with van der Waals surface area (Å²) in [6.45, 7) is 2.61. The summed E-state index contributed by atoms with van der Waals surface area (Å²) in [5, 5.41) is 3.16. The van der Waals surface area contributed by atoms with Gasteiger partial charge in [-0.2, -0.15) is 8.75 Å². The van der Waals surface area contributed by atoms with E-state index in [9.17, 15) is 8.78 Å². The molecular formula is C12H12BrF2N3S. The fourth-order valence-electron chi connectivity index (χ4n) is 1.81. The molecular weight excluding hydrogens is 336 g/mol. The number of likely N-dealkylation sites (N-methyl/N-ethyl adjacent to an activating group) is 1. The Balaban J connectivity index is 2.30. The number of aromatic nitrogens is 2. The van der Waals surface area contributed by atoms with Crippen LogP contribution in [0.1, 0.15) is 24.2 Å². The maximum atomic E-state index is 14.0. The lowest BCUT2D eigenvalue weighted by atomic mass is 10.0. The minimum Gasteiger partial charge on any atom is -0.309 e. The van der Waals surface area contributed by atoms with Gasteiger partial charge < -0.3 is 5.32 Å². The van der Waals surface area contributed by atoms with E-state index in [1.165, 1.54) is 12.1 Å². The molecule has 0 radical (unpaired) electrons. The Morgan fingerprint density at radius 1 is 1.42 bits per heavy atom. The van der Waals surface area contributed by atoms with Gasteiger partial charge in [0.05, 0.1) is 34.1 Å². The van der Waals surface area contributed by atoms with Crippen molar-refractivity contribution in [3.63, 3.8) is 0 Å². The highest BCUT2D eigenvalue weighted by atomic mass is 79.9. The average Bonchev–Trinajstić information content (AvgIpc) is 2.92. The average molecular weight is 348 g/mol. The smallest absolute Gasteiger partial charge is 0.143 e. The zero-order chi connectivity index (χ0) is 13.8. The van der Waals surface area contributed by atoms with Crippen LogP contribution in [0.5, 0.6) is 0 Å². The van der Waals surface area contributed by atoms with Crippen molar-refractivity contribution in [1.82, 2.24) is 14.1 Å². The molecule has 2 rings (SSSR count). The van der Waals surface area contributed by atoms with E-state index in [1.54, 1.807) is 6.20 Å². The maximum absolute atomic E-state index is 14.0. The Bertz CT molecular complexity index is 548. The van der Waals surface area contributed by atoms with Crippen molar-refractivity contribution >= 4 is 27.7 Å². The van der Waals surface area contributed by atoms with Gasteiger partial charge in [-0.3, -0.25) is 0 Å². The van der Waals surface area contributed by atoms with Crippen LogP contribution in [0.3, 0.4) is 0 Å². The lowest BCUT2D eigenvalue weighted by Crippen LogP contribution is -2.24. The normalized spacial score (nSPS) is 12.6. The first-order valence-electron chi connectivity index (χ1n) is 5.76. The van der Waals surface area contributed by atoms with Crippen molar-refractivity contribution in [1.29, 1.82) is 0 Å². The fraction of sp³-hybridized carbons (Fsp3) is 0.333.